The molecule has 72 heavy (non-hydrogen) atoms. The largest absolute Gasteiger partial charge is 0.756 e. The van der Waals surface area contributed by atoms with Crippen molar-refractivity contribution >= 4 is 19.7 Å². The van der Waals surface area contributed by atoms with Gasteiger partial charge in [0.1, 0.15) is 19.3 Å². The lowest BCUT2D eigenvalue weighted by Crippen LogP contribution is -2.47. The summed E-state index contributed by atoms with van der Waals surface area (Å²) in [5.41, 5.74) is 0. The van der Waals surface area contributed by atoms with E-state index < -0.39 is 20.0 Å². The molecule has 10 heteroatoms. The van der Waals surface area contributed by atoms with Crippen LogP contribution in [0.4, 0.5) is 0 Å². The molecule has 0 saturated heterocycles. The molecule has 0 radical (unpaired) electrons. The number of rotatable bonds is 57. The molecule has 3 atom stereocenters. The van der Waals surface area contributed by atoms with Crippen molar-refractivity contribution in [1.29, 1.82) is 0 Å². The lowest BCUT2D eigenvalue weighted by Gasteiger charge is -2.30. The van der Waals surface area contributed by atoms with Gasteiger partial charge in [-0.2, -0.15) is 0 Å². The van der Waals surface area contributed by atoms with Gasteiger partial charge in [0.2, 0.25) is 5.91 Å². The number of phosphoric ester groups is 1. The van der Waals surface area contributed by atoms with E-state index in [2.05, 4.69) is 38.2 Å². The maximum atomic E-state index is 13.5. The van der Waals surface area contributed by atoms with Gasteiger partial charge in [-0.1, -0.05) is 264 Å². The molecule has 0 aromatic rings. The van der Waals surface area contributed by atoms with Crippen LogP contribution in [0.15, 0.2) is 24.3 Å². The van der Waals surface area contributed by atoms with E-state index in [9.17, 15) is 19.0 Å². The number of phosphoric acid groups is 1. The van der Waals surface area contributed by atoms with Crippen LogP contribution in [0.1, 0.15) is 310 Å². The Labute approximate surface area is 447 Å². The van der Waals surface area contributed by atoms with E-state index in [-0.39, 0.29) is 31.5 Å². The molecule has 0 heterocycles. The van der Waals surface area contributed by atoms with Gasteiger partial charge in [0.25, 0.3) is 7.82 Å². The molecule has 0 bridgehead atoms. The zero-order chi connectivity index (χ0) is 52.9. The van der Waals surface area contributed by atoms with Crippen LogP contribution in [0.2, 0.25) is 0 Å². The number of carbonyl (C=O) groups excluding carboxylic acids is 2. The normalized spacial score (nSPS) is 13.8. The Bertz CT molecular complexity index is 1290. The molecule has 9 nitrogen and oxygen atoms in total. The molecule has 0 saturated carbocycles. The first-order valence-electron chi connectivity index (χ1n) is 31.1. The fourth-order valence-electron chi connectivity index (χ4n) is 9.28. The lowest BCUT2D eigenvalue weighted by atomic mass is 10.0. The first-order chi connectivity index (χ1) is 34.9. The smallest absolute Gasteiger partial charge is 0.306 e. The van der Waals surface area contributed by atoms with Crippen LogP contribution in [0.25, 0.3) is 0 Å². The van der Waals surface area contributed by atoms with Gasteiger partial charge in [0.05, 0.1) is 33.8 Å². The molecule has 1 N–H and O–H groups in total. The molecule has 0 aliphatic carbocycles. The van der Waals surface area contributed by atoms with Crippen molar-refractivity contribution in [2.45, 2.75) is 322 Å². The number of ether oxygens (including phenoxy) is 1. The summed E-state index contributed by atoms with van der Waals surface area (Å²) < 4.78 is 30.3. The van der Waals surface area contributed by atoms with E-state index >= 15 is 0 Å². The topological polar surface area (TPSA) is 114 Å². The second kappa shape index (κ2) is 52.9. The molecule has 1 amide bonds. The SMILES string of the molecule is CCCCCCCC/C=C/CCCCCCCCCC(=O)OC(/C=C/CCCCCCCCCCCC)C(COP(=O)([O-])OCC[N+](C)(C)C)NC(=O)CCCCCCCCCCCCCCCCCCC. The summed E-state index contributed by atoms with van der Waals surface area (Å²) >= 11 is 0. The third-order valence-corrected chi connectivity index (χ3v) is 15.1. The number of unbranched alkanes of at least 4 members (excludes halogenated alkanes) is 39. The Morgan fingerprint density at radius 1 is 0.472 bits per heavy atom. The van der Waals surface area contributed by atoms with Crippen molar-refractivity contribution in [3.05, 3.63) is 24.3 Å². The summed E-state index contributed by atoms with van der Waals surface area (Å²) in [6, 6.07) is -0.883. The third kappa shape index (κ3) is 53.3. The summed E-state index contributed by atoms with van der Waals surface area (Å²) in [6.07, 6.45) is 61.3. The van der Waals surface area contributed by atoms with Gasteiger partial charge in [-0.05, 0) is 57.4 Å². The first-order valence-corrected chi connectivity index (χ1v) is 32.6. The van der Waals surface area contributed by atoms with Crippen LogP contribution in [0.5, 0.6) is 0 Å². The highest BCUT2D eigenvalue weighted by Gasteiger charge is 2.27. The maximum Gasteiger partial charge on any atom is 0.306 e. The molecular weight excluding hydrogens is 916 g/mol. The summed E-state index contributed by atoms with van der Waals surface area (Å²) in [5.74, 6) is -0.530. The molecular formula is C62H121N2O7P. The van der Waals surface area contributed by atoms with E-state index in [1.807, 2.05) is 33.3 Å². The predicted molar refractivity (Wildman–Crippen MR) is 307 cm³/mol. The number of amides is 1. The van der Waals surface area contributed by atoms with E-state index in [0.717, 1.165) is 64.2 Å². The summed E-state index contributed by atoms with van der Waals surface area (Å²) in [4.78, 5) is 40.0. The second-order valence-electron chi connectivity index (χ2n) is 22.6. The standard InChI is InChI=1S/C62H121N2O7P/c1-7-10-13-16-19-22-25-28-30-32-34-36-39-42-45-48-51-54-61(65)63-59(58-70-72(67,68)69-57-56-64(4,5)6)60(53-50-47-44-41-38-27-24-21-18-15-12-9-3)71-62(66)55-52-49-46-43-40-37-35-33-31-29-26-23-20-17-14-11-8-2/h29,31,50,53,59-60H,7-28,30,32-49,51-52,54-58H2,1-6H3,(H-,63,65,67,68)/b31-29+,53-50+. The fourth-order valence-corrected chi connectivity index (χ4v) is 10.0. The van der Waals surface area contributed by atoms with Gasteiger partial charge in [-0.15, -0.1) is 0 Å². The Kier molecular flexibility index (Phi) is 51.8. The summed E-state index contributed by atoms with van der Waals surface area (Å²) in [5, 5.41) is 3.03. The first kappa shape index (κ1) is 70.5. The van der Waals surface area contributed by atoms with Crippen LogP contribution < -0.4 is 10.2 Å². The number of nitrogens with one attached hydrogen (secondary N) is 1. The van der Waals surface area contributed by atoms with E-state index in [0.29, 0.717) is 17.4 Å². The van der Waals surface area contributed by atoms with Crippen LogP contribution in [0, 0.1) is 0 Å². The number of nitrogens with zero attached hydrogens (tertiary/aromatic N) is 1. The number of quaternary nitrogens is 1. The minimum absolute atomic E-state index is 0.0194. The van der Waals surface area contributed by atoms with E-state index in [4.69, 9.17) is 13.8 Å². The van der Waals surface area contributed by atoms with Crippen molar-refractivity contribution in [3.63, 3.8) is 0 Å². The number of hydrogen-bond donors (Lipinski definition) is 1. The Hall–Kier alpha value is -1.51. The number of hydrogen-bond acceptors (Lipinski definition) is 7. The van der Waals surface area contributed by atoms with Crippen molar-refractivity contribution in [3.8, 4) is 0 Å². The fraction of sp³-hybridized carbons (Fsp3) is 0.903. The van der Waals surface area contributed by atoms with Gasteiger partial charge in [0, 0.05) is 12.8 Å². The van der Waals surface area contributed by atoms with Crippen LogP contribution in [-0.2, 0) is 27.9 Å². The van der Waals surface area contributed by atoms with Gasteiger partial charge in [0.15, 0.2) is 0 Å². The Morgan fingerprint density at radius 3 is 1.18 bits per heavy atom. The minimum Gasteiger partial charge on any atom is -0.756 e. The average Bonchev–Trinajstić information content (AvgIpc) is 3.34. The highest BCUT2D eigenvalue weighted by atomic mass is 31.2. The zero-order valence-electron chi connectivity index (χ0n) is 48.7. The van der Waals surface area contributed by atoms with Crippen LogP contribution in [-0.4, -0.2) is 69.4 Å². The molecule has 3 unspecified atom stereocenters. The lowest BCUT2D eigenvalue weighted by molar-refractivity contribution is -0.870. The zero-order valence-corrected chi connectivity index (χ0v) is 49.6. The second-order valence-corrected chi connectivity index (χ2v) is 24.0. The molecule has 0 aliphatic rings. The molecule has 0 rings (SSSR count). The highest BCUT2D eigenvalue weighted by Crippen LogP contribution is 2.38. The van der Waals surface area contributed by atoms with Crippen molar-refractivity contribution in [1.82, 2.24) is 5.32 Å². The summed E-state index contributed by atoms with van der Waals surface area (Å²) in [7, 11) is 1.20. The van der Waals surface area contributed by atoms with Gasteiger partial charge >= 0.3 is 5.97 Å². The minimum atomic E-state index is -4.69. The van der Waals surface area contributed by atoms with Crippen molar-refractivity contribution < 1.29 is 37.3 Å². The Balaban J connectivity index is 5.24. The molecule has 0 spiro atoms. The monoisotopic (exact) mass is 1040 g/mol. The van der Waals surface area contributed by atoms with Crippen LogP contribution in [0.3, 0.4) is 0 Å². The van der Waals surface area contributed by atoms with Gasteiger partial charge in [-0.3, -0.25) is 14.2 Å². The number of carbonyl (C=O) groups is 2. The molecule has 426 valence electrons. The number of allylic oxidation sites excluding steroid dienone is 3. The third-order valence-electron chi connectivity index (χ3n) is 14.1. The predicted octanol–water partition coefficient (Wildman–Crippen LogP) is 18.3. The van der Waals surface area contributed by atoms with Crippen LogP contribution >= 0.6 is 7.82 Å². The molecule has 0 aromatic heterocycles. The quantitative estimate of drug-likeness (QED) is 0.0212. The average molecular weight is 1040 g/mol. The van der Waals surface area contributed by atoms with Crippen molar-refractivity contribution in [2.75, 3.05) is 40.9 Å². The molecule has 0 aromatic carbocycles. The Morgan fingerprint density at radius 2 is 0.806 bits per heavy atom. The van der Waals surface area contributed by atoms with Gasteiger partial charge < -0.3 is 28.5 Å². The van der Waals surface area contributed by atoms with Gasteiger partial charge in [-0.25, -0.2) is 0 Å². The van der Waals surface area contributed by atoms with E-state index in [1.165, 1.54) is 212 Å². The summed E-state index contributed by atoms with van der Waals surface area (Å²) in [6.45, 7) is 6.88. The molecule has 0 fully saturated rings. The number of esters is 1. The van der Waals surface area contributed by atoms with Crippen molar-refractivity contribution in [2.24, 2.45) is 0 Å². The highest BCUT2D eigenvalue weighted by molar-refractivity contribution is 7.45. The van der Waals surface area contributed by atoms with E-state index in [1.54, 1.807) is 0 Å². The molecule has 0 aliphatic heterocycles. The maximum absolute atomic E-state index is 13.5. The number of likely N-dealkylation sites (N-methyl/N-ethyl adjacent to an activating group) is 1.